The fourth-order valence-electron chi connectivity index (χ4n) is 0.0926. The van der Waals surface area contributed by atoms with Gasteiger partial charge in [-0.2, -0.15) is 0 Å². The van der Waals surface area contributed by atoms with Gasteiger partial charge in [0.15, 0.2) is 0 Å². The summed E-state index contributed by atoms with van der Waals surface area (Å²) in [6, 6.07) is 0. The molecule has 4 N–H and O–H groups in total. The summed E-state index contributed by atoms with van der Waals surface area (Å²) in [5.41, 5.74) is 5.92. The number of carbonyl (C=O) groups is 1. The van der Waals surface area contributed by atoms with Gasteiger partial charge in [0, 0.05) is 0 Å². The van der Waals surface area contributed by atoms with E-state index in [-0.39, 0.29) is 6.54 Å². The zero-order valence-electron chi connectivity index (χ0n) is 3.55. The predicted octanol–water partition coefficient (Wildman–Crippen LogP) is -1.62. The van der Waals surface area contributed by atoms with E-state index in [1.807, 2.05) is 0 Å². The first-order chi connectivity index (χ1) is 3.31. The Balaban J connectivity index is 3.00. The van der Waals surface area contributed by atoms with Crippen molar-refractivity contribution in [2.24, 2.45) is 5.73 Å². The summed E-state index contributed by atoms with van der Waals surface area (Å²) in [5.74, 6) is -0.706. The molecule has 0 aromatic rings. The summed E-state index contributed by atoms with van der Waals surface area (Å²) in [6.45, 7) is -0.242. The molecular formula is C2H6N2O3. The highest BCUT2D eigenvalue weighted by atomic mass is 16.9. The molecule has 7 heavy (non-hydrogen) atoms. The van der Waals surface area contributed by atoms with Gasteiger partial charge in [-0.25, -0.2) is 4.79 Å². The fraction of sp³-hybridized carbons (Fsp3) is 0.500. The number of nitrogens with one attached hydrogen (secondary N) is 1. The van der Waals surface area contributed by atoms with Crippen molar-refractivity contribution in [1.82, 2.24) is 5.64 Å². The maximum absolute atomic E-state index is 9.84. The number of nitrogens with two attached hydrogens (primary N) is 1. The van der Waals surface area contributed by atoms with Crippen LogP contribution >= 0.6 is 0 Å². The quantitative estimate of drug-likeness (QED) is 0.368. The van der Waals surface area contributed by atoms with E-state index in [1.54, 1.807) is 0 Å². The maximum Gasteiger partial charge on any atom is 0.341 e. The smallest absolute Gasteiger partial charge is 0.341 e. The molecule has 0 saturated heterocycles. The SMILES string of the molecule is NCC(=O)ONO. The lowest BCUT2D eigenvalue weighted by Crippen LogP contribution is -2.22. The minimum atomic E-state index is -0.706. The topological polar surface area (TPSA) is 84.6 Å². The van der Waals surface area contributed by atoms with Crippen LogP contribution in [0.4, 0.5) is 0 Å². The summed E-state index contributed by atoms with van der Waals surface area (Å²) in [6.07, 6.45) is 0. The van der Waals surface area contributed by atoms with Gasteiger partial charge in [-0.15, -0.1) is 0 Å². The second-order valence-corrected chi connectivity index (χ2v) is 0.769. The minimum absolute atomic E-state index is 0.242. The molecule has 0 bridgehead atoms. The van der Waals surface area contributed by atoms with Gasteiger partial charge < -0.3 is 10.6 Å². The molecule has 0 aromatic heterocycles. The number of rotatable bonds is 2. The highest BCUT2D eigenvalue weighted by Gasteiger charge is 1.92. The van der Waals surface area contributed by atoms with E-state index in [0.717, 1.165) is 0 Å². The van der Waals surface area contributed by atoms with Crippen molar-refractivity contribution >= 4 is 5.97 Å². The van der Waals surface area contributed by atoms with E-state index in [9.17, 15) is 4.79 Å². The summed E-state index contributed by atoms with van der Waals surface area (Å²) in [4.78, 5) is 13.6. The van der Waals surface area contributed by atoms with Crippen LogP contribution in [0.15, 0.2) is 0 Å². The molecule has 0 fully saturated rings. The Bertz CT molecular complexity index is 64.0. The van der Waals surface area contributed by atoms with Gasteiger partial charge in [0.05, 0.1) is 6.54 Å². The summed E-state index contributed by atoms with van der Waals surface area (Å²) in [5, 5.41) is 7.62. The van der Waals surface area contributed by atoms with Gasteiger partial charge in [0.1, 0.15) is 0 Å². The van der Waals surface area contributed by atoms with Crippen molar-refractivity contribution in [3.8, 4) is 0 Å². The van der Waals surface area contributed by atoms with Gasteiger partial charge in [-0.1, -0.05) is 0 Å². The summed E-state index contributed by atoms with van der Waals surface area (Å²) in [7, 11) is 0. The Labute approximate surface area is 40.0 Å². The van der Waals surface area contributed by atoms with Crippen molar-refractivity contribution in [2.75, 3.05) is 6.54 Å². The zero-order valence-corrected chi connectivity index (χ0v) is 3.55. The summed E-state index contributed by atoms with van der Waals surface area (Å²) < 4.78 is 0. The molecule has 0 radical (unpaired) electrons. The number of hydrogen-bond donors (Lipinski definition) is 3. The monoisotopic (exact) mass is 106 g/mol. The Morgan fingerprint density at radius 2 is 2.57 bits per heavy atom. The molecule has 5 nitrogen and oxygen atoms in total. The van der Waals surface area contributed by atoms with Crippen LogP contribution in [0.25, 0.3) is 0 Å². The maximum atomic E-state index is 9.84. The standard InChI is InChI=1S/C2H6N2O3/c3-1-2(5)7-4-6/h4,6H,1,3H2. The van der Waals surface area contributed by atoms with E-state index in [2.05, 4.69) is 4.84 Å². The van der Waals surface area contributed by atoms with Gasteiger partial charge >= 0.3 is 5.97 Å². The van der Waals surface area contributed by atoms with Crippen LogP contribution < -0.4 is 11.4 Å². The highest BCUT2D eigenvalue weighted by molar-refractivity contribution is 5.70. The molecule has 0 spiro atoms. The average molecular weight is 106 g/mol. The van der Waals surface area contributed by atoms with E-state index >= 15 is 0 Å². The first-order valence-electron chi connectivity index (χ1n) is 1.60. The van der Waals surface area contributed by atoms with Crippen molar-refractivity contribution in [3.05, 3.63) is 0 Å². The molecule has 0 heterocycles. The lowest BCUT2D eigenvalue weighted by Gasteiger charge is -1.92. The van der Waals surface area contributed by atoms with E-state index in [1.165, 1.54) is 5.64 Å². The molecule has 0 rings (SSSR count). The molecule has 0 unspecified atom stereocenters. The van der Waals surface area contributed by atoms with Crippen molar-refractivity contribution in [3.63, 3.8) is 0 Å². The zero-order chi connectivity index (χ0) is 5.70. The third-order valence-corrected chi connectivity index (χ3v) is 0.326. The van der Waals surface area contributed by atoms with Gasteiger partial charge in [-0.05, 0) is 5.64 Å². The third kappa shape index (κ3) is 3.17. The normalized spacial score (nSPS) is 8.29. The molecule has 0 aromatic carbocycles. The molecule has 0 atom stereocenters. The largest absolute Gasteiger partial charge is 0.344 e. The Morgan fingerprint density at radius 1 is 2.00 bits per heavy atom. The molecule has 0 aliphatic rings. The lowest BCUT2D eigenvalue weighted by atomic mass is 10.7. The van der Waals surface area contributed by atoms with Crippen LogP contribution in [0.5, 0.6) is 0 Å². The molecule has 0 saturated carbocycles. The fourth-order valence-corrected chi connectivity index (χ4v) is 0.0926. The average Bonchev–Trinajstić information content (AvgIpc) is 1.68. The molecule has 5 heteroatoms. The predicted molar refractivity (Wildman–Crippen MR) is 20.1 cm³/mol. The van der Waals surface area contributed by atoms with Crippen LogP contribution in [-0.4, -0.2) is 17.7 Å². The van der Waals surface area contributed by atoms with Crippen molar-refractivity contribution in [2.45, 2.75) is 0 Å². The number of hydrogen-bond acceptors (Lipinski definition) is 5. The Morgan fingerprint density at radius 3 is 2.71 bits per heavy atom. The minimum Gasteiger partial charge on any atom is -0.344 e. The second kappa shape index (κ2) is 3.54. The van der Waals surface area contributed by atoms with E-state index in [0.29, 0.717) is 0 Å². The van der Waals surface area contributed by atoms with Crippen LogP contribution in [0, 0.1) is 0 Å². The second-order valence-electron chi connectivity index (χ2n) is 0.769. The van der Waals surface area contributed by atoms with Crippen molar-refractivity contribution < 1.29 is 14.8 Å². The van der Waals surface area contributed by atoms with Gasteiger partial charge in [0.25, 0.3) is 0 Å². The summed E-state index contributed by atoms with van der Waals surface area (Å²) >= 11 is 0. The highest BCUT2D eigenvalue weighted by Crippen LogP contribution is 1.61. The Hall–Kier alpha value is -0.650. The first kappa shape index (κ1) is 6.35. The lowest BCUT2D eigenvalue weighted by molar-refractivity contribution is -0.174. The van der Waals surface area contributed by atoms with Crippen LogP contribution in [0.1, 0.15) is 0 Å². The molecular weight excluding hydrogens is 100 g/mol. The van der Waals surface area contributed by atoms with Crippen LogP contribution in [-0.2, 0) is 9.63 Å². The molecule has 0 aliphatic carbocycles. The molecule has 42 valence electrons. The van der Waals surface area contributed by atoms with Gasteiger partial charge in [-0.3, -0.25) is 5.21 Å². The number of carbonyl (C=O) groups excluding carboxylic acids is 1. The molecule has 0 aliphatic heterocycles. The van der Waals surface area contributed by atoms with Gasteiger partial charge in [0.2, 0.25) is 0 Å². The Kier molecular flexibility index (Phi) is 3.21. The third-order valence-electron chi connectivity index (χ3n) is 0.326. The van der Waals surface area contributed by atoms with E-state index in [4.69, 9.17) is 10.9 Å². The first-order valence-corrected chi connectivity index (χ1v) is 1.60. The van der Waals surface area contributed by atoms with Crippen molar-refractivity contribution in [1.29, 1.82) is 0 Å². The molecule has 0 amide bonds. The van der Waals surface area contributed by atoms with E-state index < -0.39 is 5.97 Å². The van der Waals surface area contributed by atoms with Crippen LogP contribution in [0.3, 0.4) is 0 Å². The van der Waals surface area contributed by atoms with Crippen LogP contribution in [0.2, 0.25) is 0 Å².